The number of rotatable bonds is 5. The fourth-order valence-electron chi connectivity index (χ4n) is 0.680. The van der Waals surface area contributed by atoms with Crippen LogP contribution in [0.1, 0.15) is 0 Å². The monoisotopic (exact) mass is 219 g/mol. The minimum absolute atomic E-state index is 0.275. The number of carboxylic acid groups (broad SMARTS) is 1. The van der Waals surface area contributed by atoms with Gasteiger partial charge in [-0.1, -0.05) is 0 Å². The number of amides is 2. The van der Waals surface area contributed by atoms with E-state index >= 15 is 0 Å². The molecule has 0 unspecified atom stereocenters. The summed E-state index contributed by atoms with van der Waals surface area (Å²) in [5.74, 6) is -1.67. The molecule has 0 radical (unpaired) electrons. The number of carboxylic acids is 1. The Morgan fingerprint density at radius 3 is 2.47 bits per heavy atom. The van der Waals surface area contributed by atoms with Gasteiger partial charge in [-0.25, -0.2) is 9.80 Å². The van der Waals surface area contributed by atoms with Gasteiger partial charge < -0.3 is 15.2 Å². The van der Waals surface area contributed by atoms with Gasteiger partial charge in [-0.2, -0.15) is 0 Å². The fraction of sp³-hybridized carbons (Fsp3) is 0.571. The maximum atomic E-state index is 11.0. The number of carbonyl (C=O) groups is 3. The Morgan fingerprint density at radius 2 is 2.00 bits per heavy atom. The van der Waals surface area contributed by atoms with Crippen LogP contribution in [0.4, 0.5) is 4.79 Å². The van der Waals surface area contributed by atoms with Crippen LogP contribution in [0, 0.1) is 0 Å². The quantitative estimate of drug-likeness (QED) is 0.379. The predicted octanol–water partition coefficient (Wildman–Crippen LogP) is -1.61. The highest BCUT2D eigenvalue weighted by Gasteiger charge is 2.08. The summed E-state index contributed by atoms with van der Waals surface area (Å²) in [6.45, 7) is -0.616. The highest BCUT2D eigenvalue weighted by molar-refractivity contribution is 5.80. The smallest absolute Gasteiger partial charge is 0.329 e. The molecule has 0 fully saturated rings. The number of carbonyl (C=O) groups excluding carboxylic acids is 2. The first-order valence-electron chi connectivity index (χ1n) is 4.00. The van der Waals surface area contributed by atoms with Crippen LogP contribution in [0.2, 0.25) is 0 Å². The van der Waals surface area contributed by atoms with Crippen molar-refractivity contribution in [2.45, 2.75) is 0 Å². The average Bonchev–Trinajstić information content (AvgIpc) is 2.12. The van der Waals surface area contributed by atoms with Crippen LogP contribution in [0.15, 0.2) is 0 Å². The summed E-state index contributed by atoms with van der Waals surface area (Å²) >= 11 is 0. The summed E-state index contributed by atoms with van der Waals surface area (Å²) in [6, 6.07) is -0.677. The van der Waals surface area contributed by atoms with Gasteiger partial charge in [-0.05, 0) is 0 Å². The van der Waals surface area contributed by atoms with E-state index in [1.165, 1.54) is 14.2 Å². The zero-order valence-corrected chi connectivity index (χ0v) is 8.44. The second kappa shape index (κ2) is 6.60. The topological polar surface area (TPSA) is 108 Å². The van der Waals surface area contributed by atoms with E-state index in [1.807, 2.05) is 0 Å². The summed E-state index contributed by atoms with van der Waals surface area (Å²) in [4.78, 5) is 31.8. The van der Waals surface area contributed by atoms with Gasteiger partial charge in [0.15, 0.2) is 0 Å². The second-order valence-electron chi connectivity index (χ2n) is 2.62. The molecule has 0 aliphatic heterocycles. The number of ether oxygens (including phenoxy) is 1. The molecule has 0 atom stereocenters. The molecule has 0 aromatic rings. The minimum atomic E-state index is -1.08. The number of methoxy groups -OCH3 is 1. The molecule has 3 N–H and O–H groups in total. The lowest BCUT2D eigenvalue weighted by Crippen LogP contribution is -2.48. The minimum Gasteiger partial charge on any atom is -0.480 e. The van der Waals surface area contributed by atoms with Gasteiger partial charge in [0.1, 0.15) is 13.1 Å². The third-order valence-electron chi connectivity index (χ3n) is 1.29. The number of likely N-dealkylation sites (N-methyl/N-ethyl adjacent to an activating group) is 1. The highest BCUT2D eigenvalue weighted by atomic mass is 16.5. The van der Waals surface area contributed by atoms with Crippen LogP contribution in [-0.2, 0) is 14.3 Å². The number of nitrogens with zero attached hydrogens (tertiary/aromatic N) is 1. The molecule has 0 aromatic heterocycles. The Labute approximate surface area is 86.2 Å². The molecule has 0 heterocycles. The molecule has 0 aliphatic carbocycles. The van der Waals surface area contributed by atoms with Crippen LogP contribution >= 0.6 is 0 Å². The average molecular weight is 219 g/mol. The van der Waals surface area contributed by atoms with E-state index in [2.05, 4.69) is 15.5 Å². The van der Waals surface area contributed by atoms with Crippen LogP contribution < -0.4 is 10.7 Å². The summed E-state index contributed by atoms with van der Waals surface area (Å²) in [5.41, 5.74) is 2.19. The predicted molar refractivity (Wildman–Crippen MR) is 48.8 cm³/mol. The molecule has 0 saturated heterocycles. The Balaban J connectivity index is 3.73. The van der Waals surface area contributed by atoms with Crippen molar-refractivity contribution < 1.29 is 24.2 Å². The van der Waals surface area contributed by atoms with E-state index in [-0.39, 0.29) is 13.1 Å². The Morgan fingerprint density at radius 1 is 1.40 bits per heavy atom. The lowest BCUT2D eigenvalue weighted by atomic mass is 10.6. The Hall–Kier alpha value is -1.83. The lowest BCUT2D eigenvalue weighted by molar-refractivity contribution is -0.140. The zero-order valence-electron chi connectivity index (χ0n) is 8.44. The molecule has 15 heavy (non-hydrogen) atoms. The Bertz CT molecular complexity index is 255. The molecule has 8 nitrogen and oxygen atoms in total. The van der Waals surface area contributed by atoms with Crippen molar-refractivity contribution in [3.05, 3.63) is 0 Å². The summed E-state index contributed by atoms with van der Waals surface area (Å²) < 4.78 is 4.28. The first-order chi connectivity index (χ1) is 6.95. The fourth-order valence-corrected chi connectivity index (χ4v) is 0.680. The molecule has 0 saturated carbocycles. The maximum Gasteiger partial charge on any atom is 0.329 e. The molecule has 0 spiro atoms. The van der Waals surface area contributed by atoms with Crippen molar-refractivity contribution in [3.63, 3.8) is 0 Å². The zero-order chi connectivity index (χ0) is 11.8. The van der Waals surface area contributed by atoms with Crippen molar-refractivity contribution >= 4 is 18.0 Å². The van der Waals surface area contributed by atoms with Gasteiger partial charge >= 0.3 is 18.0 Å². The van der Waals surface area contributed by atoms with Crippen molar-refractivity contribution in [1.82, 2.24) is 15.8 Å². The first-order valence-corrected chi connectivity index (χ1v) is 4.00. The van der Waals surface area contributed by atoms with Crippen molar-refractivity contribution in [1.29, 1.82) is 0 Å². The number of nitrogens with one attached hydrogen (secondary N) is 2. The van der Waals surface area contributed by atoms with Gasteiger partial charge in [-0.15, -0.1) is 0 Å². The molecule has 0 rings (SSSR count). The summed E-state index contributed by atoms with van der Waals surface area (Å²) in [7, 11) is 2.57. The van der Waals surface area contributed by atoms with E-state index in [0.717, 1.165) is 5.01 Å². The summed E-state index contributed by atoms with van der Waals surface area (Å²) in [6.07, 6.45) is 0. The van der Waals surface area contributed by atoms with Gasteiger partial charge in [0.2, 0.25) is 0 Å². The first kappa shape index (κ1) is 13.2. The molecule has 86 valence electrons. The van der Waals surface area contributed by atoms with E-state index < -0.39 is 18.0 Å². The number of urea groups is 1. The lowest BCUT2D eigenvalue weighted by Gasteiger charge is -2.15. The normalized spacial score (nSPS) is 9.53. The van der Waals surface area contributed by atoms with Crippen molar-refractivity contribution in [2.75, 3.05) is 27.2 Å². The third-order valence-corrected chi connectivity index (χ3v) is 1.29. The van der Waals surface area contributed by atoms with Crippen molar-refractivity contribution in [3.8, 4) is 0 Å². The van der Waals surface area contributed by atoms with Crippen molar-refractivity contribution in [2.24, 2.45) is 0 Å². The Kier molecular flexibility index (Phi) is 5.79. The molecule has 0 aromatic carbocycles. The van der Waals surface area contributed by atoms with E-state index in [9.17, 15) is 14.4 Å². The number of hydrazine groups is 1. The third kappa shape index (κ3) is 7.26. The van der Waals surface area contributed by atoms with Gasteiger partial charge in [0.05, 0.1) is 7.11 Å². The second-order valence-corrected chi connectivity index (χ2v) is 2.62. The number of hydrogen-bond acceptors (Lipinski definition) is 5. The number of hydrogen-bond donors (Lipinski definition) is 3. The molecule has 0 aliphatic rings. The van der Waals surface area contributed by atoms with Gasteiger partial charge in [0, 0.05) is 7.05 Å². The molecule has 0 bridgehead atoms. The SMILES string of the molecule is COC(=O)CNC(=O)NN(C)CC(=O)O. The van der Waals surface area contributed by atoms with Crippen LogP contribution in [0.3, 0.4) is 0 Å². The molecular weight excluding hydrogens is 206 g/mol. The van der Waals surface area contributed by atoms with Gasteiger partial charge in [0.25, 0.3) is 0 Å². The number of esters is 1. The standard InChI is InChI=1S/C7H13N3O5/c1-10(4-5(11)12)9-7(14)8-3-6(13)15-2/h3-4H2,1-2H3,(H,11,12)(H2,8,9,14). The summed E-state index contributed by atoms with van der Waals surface area (Å²) in [5, 5.41) is 11.6. The highest BCUT2D eigenvalue weighted by Crippen LogP contribution is 1.76. The maximum absolute atomic E-state index is 11.0. The van der Waals surface area contributed by atoms with Crippen LogP contribution in [0.25, 0.3) is 0 Å². The van der Waals surface area contributed by atoms with E-state index in [1.54, 1.807) is 0 Å². The largest absolute Gasteiger partial charge is 0.480 e. The van der Waals surface area contributed by atoms with Gasteiger partial charge in [-0.3, -0.25) is 15.0 Å². The molecule has 2 amide bonds. The van der Waals surface area contributed by atoms with Crippen LogP contribution in [-0.4, -0.2) is 55.3 Å². The molecule has 8 heteroatoms. The number of aliphatic carboxylic acids is 1. The van der Waals surface area contributed by atoms with Crippen LogP contribution in [0.5, 0.6) is 0 Å². The molecular formula is C7H13N3O5. The van der Waals surface area contributed by atoms with E-state index in [4.69, 9.17) is 5.11 Å². The van der Waals surface area contributed by atoms with E-state index in [0.29, 0.717) is 0 Å².